The summed E-state index contributed by atoms with van der Waals surface area (Å²) in [4.78, 5) is 31.8. The van der Waals surface area contributed by atoms with E-state index in [1.807, 2.05) is 19.1 Å². The van der Waals surface area contributed by atoms with Crippen molar-refractivity contribution in [2.24, 2.45) is 4.99 Å². The number of ether oxygens (including phenoxy) is 1. The number of non-ortho nitro benzene ring substituents is 1. The number of aromatic nitrogens is 1. The summed E-state index contributed by atoms with van der Waals surface area (Å²) < 4.78 is 5.05. The number of aliphatic hydroxyl groups is 1. The number of nitrogens with zero attached hydrogens (tertiary/aromatic N) is 3. The molecule has 0 fully saturated rings. The summed E-state index contributed by atoms with van der Waals surface area (Å²) in [5.41, 5.74) is 1.73. The zero-order valence-electron chi connectivity index (χ0n) is 15.7. The molecule has 0 radical (unpaired) electrons. The van der Waals surface area contributed by atoms with E-state index in [1.54, 1.807) is 19.1 Å². The maximum absolute atomic E-state index is 12.4. The Kier molecular flexibility index (Phi) is 6.08. The van der Waals surface area contributed by atoms with Crippen LogP contribution in [0.1, 0.15) is 18.3 Å². The van der Waals surface area contributed by atoms with Crippen molar-refractivity contribution in [3.05, 3.63) is 80.2 Å². The molecule has 148 valence electrons. The standard InChI is InChI=1S/C20H17N3O5S/c1-3-28-20(25)17-18(24)16(11-14-6-4-5-12(2)21-14)29-19(17)22-13-7-9-15(10-8-13)23(26)27/h4-11,24H,3H2,1-2H3/b16-11+,22-19?. The van der Waals surface area contributed by atoms with Gasteiger partial charge in [-0.05, 0) is 44.2 Å². The lowest BCUT2D eigenvalue weighted by atomic mass is 10.2. The molecule has 2 heterocycles. The summed E-state index contributed by atoms with van der Waals surface area (Å²) in [5.74, 6) is -0.934. The van der Waals surface area contributed by atoms with Gasteiger partial charge in [-0.25, -0.2) is 9.79 Å². The third-order valence-electron chi connectivity index (χ3n) is 3.85. The zero-order chi connectivity index (χ0) is 21.0. The van der Waals surface area contributed by atoms with Gasteiger partial charge in [-0.15, -0.1) is 0 Å². The number of nitro groups is 1. The Morgan fingerprint density at radius 2 is 2.03 bits per heavy atom. The van der Waals surface area contributed by atoms with Crippen molar-refractivity contribution in [3.63, 3.8) is 0 Å². The van der Waals surface area contributed by atoms with Gasteiger partial charge in [0.15, 0.2) is 0 Å². The highest BCUT2D eigenvalue weighted by Gasteiger charge is 2.33. The van der Waals surface area contributed by atoms with Gasteiger partial charge in [-0.2, -0.15) is 0 Å². The van der Waals surface area contributed by atoms with Gasteiger partial charge in [-0.3, -0.25) is 15.1 Å². The number of pyridine rings is 1. The summed E-state index contributed by atoms with van der Waals surface area (Å²) in [7, 11) is 0. The Labute approximate surface area is 170 Å². The topological polar surface area (TPSA) is 115 Å². The maximum atomic E-state index is 12.4. The van der Waals surface area contributed by atoms with Crippen molar-refractivity contribution in [1.29, 1.82) is 0 Å². The second-order valence-electron chi connectivity index (χ2n) is 5.95. The summed E-state index contributed by atoms with van der Waals surface area (Å²) in [6.07, 6.45) is 1.66. The van der Waals surface area contributed by atoms with Gasteiger partial charge < -0.3 is 9.84 Å². The van der Waals surface area contributed by atoms with Gasteiger partial charge >= 0.3 is 5.97 Å². The van der Waals surface area contributed by atoms with Crippen LogP contribution in [0.15, 0.2) is 63.7 Å². The Bertz CT molecular complexity index is 1060. The van der Waals surface area contributed by atoms with E-state index in [1.165, 1.54) is 24.3 Å². The number of aliphatic hydroxyl groups excluding tert-OH is 1. The van der Waals surface area contributed by atoms with Gasteiger partial charge in [0.25, 0.3) is 5.69 Å². The lowest BCUT2D eigenvalue weighted by molar-refractivity contribution is -0.384. The normalized spacial score (nSPS) is 16.5. The number of aryl methyl sites for hydroxylation is 1. The van der Waals surface area contributed by atoms with E-state index in [0.29, 0.717) is 16.3 Å². The van der Waals surface area contributed by atoms with Crippen LogP contribution >= 0.6 is 11.8 Å². The molecule has 1 aromatic heterocycles. The average Bonchev–Trinajstić information content (AvgIpc) is 2.97. The predicted octanol–water partition coefficient (Wildman–Crippen LogP) is 4.49. The van der Waals surface area contributed by atoms with Crippen LogP contribution in [0.4, 0.5) is 11.4 Å². The van der Waals surface area contributed by atoms with Gasteiger partial charge in [0.1, 0.15) is 16.4 Å². The Morgan fingerprint density at radius 1 is 1.31 bits per heavy atom. The van der Waals surface area contributed by atoms with Crippen LogP contribution in [-0.4, -0.2) is 32.6 Å². The molecule has 3 rings (SSSR count). The second-order valence-corrected chi connectivity index (χ2v) is 6.98. The van der Waals surface area contributed by atoms with Crippen LogP contribution in [0.2, 0.25) is 0 Å². The fourth-order valence-electron chi connectivity index (χ4n) is 2.54. The number of carbonyl (C=O) groups excluding carboxylic acids is 1. The Morgan fingerprint density at radius 3 is 2.66 bits per heavy atom. The number of carbonyl (C=O) groups is 1. The molecule has 0 unspecified atom stereocenters. The van der Waals surface area contributed by atoms with E-state index in [9.17, 15) is 20.0 Å². The molecular weight excluding hydrogens is 394 g/mol. The van der Waals surface area contributed by atoms with Crippen LogP contribution < -0.4 is 0 Å². The van der Waals surface area contributed by atoms with E-state index in [0.717, 1.165) is 17.5 Å². The summed E-state index contributed by atoms with van der Waals surface area (Å²) in [6, 6.07) is 11.0. The van der Waals surface area contributed by atoms with E-state index in [4.69, 9.17) is 4.74 Å². The molecule has 0 saturated heterocycles. The lowest BCUT2D eigenvalue weighted by Crippen LogP contribution is -2.12. The van der Waals surface area contributed by atoms with E-state index >= 15 is 0 Å². The van der Waals surface area contributed by atoms with Gasteiger partial charge in [-0.1, -0.05) is 17.8 Å². The number of aliphatic imine (C=N–C) groups is 1. The Balaban J connectivity index is 2.01. The van der Waals surface area contributed by atoms with Gasteiger partial charge in [0.05, 0.1) is 27.8 Å². The first kappa shape index (κ1) is 20.3. The molecule has 29 heavy (non-hydrogen) atoms. The summed E-state index contributed by atoms with van der Waals surface area (Å²) >= 11 is 1.10. The third-order valence-corrected chi connectivity index (χ3v) is 4.87. The van der Waals surface area contributed by atoms with Crippen LogP contribution in [0, 0.1) is 17.0 Å². The van der Waals surface area contributed by atoms with Crippen molar-refractivity contribution in [3.8, 4) is 0 Å². The van der Waals surface area contributed by atoms with Crippen LogP contribution in [0.5, 0.6) is 0 Å². The number of benzene rings is 1. The molecule has 0 aliphatic carbocycles. The summed E-state index contributed by atoms with van der Waals surface area (Å²) in [5, 5.41) is 21.7. The Hall–Kier alpha value is -3.46. The molecule has 1 aliphatic rings. The number of nitro benzene ring substituents is 1. The first-order valence-corrected chi connectivity index (χ1v) is 9.48. The lowest BCUT2D eigenvalue weighted by Gasteiger charge is -2.03. The first-order chi connectivity index (χ1) is 13.9. The molecule has 8 nitrogen and oxygen atoms in total. The molecule has 0 saturated carbocycles. The van der Waals surface area contributed by atoms with Crippen molar-refractivity contribution in [2.75, 3.05) is 6.61 Å². The van der Waals surface area contributed by atoms with E-state index < -0.39 is 10.9 Å². The third kappa shape index (κ3) is 4.69. The highest BCUT2D eigenvalue weighted by atomic mass is 32.2. The second kappa shape index (κ2) is 8.70. The quantitative estimate of drug-likeness (QED) is 0.438. The highest BCUT2D eigenvalue weighted by Crippen LogP contribution is 2.40. The molecule has 1 N–H and O–H groups in total. The molecule has 0 bridgehead atoms. The SMILES string of the molecule is CCOC(=O)C1=C(O)/C(=C\c2cccc(C)n2)SC1=Nc1ccc([N+](=O)[O-])cc1. The highest BCUT2D eigenvalue weighted by molar-refractivity contribution is 8.18. The van der Waals surface area contributed by atoms with Crippen molar-refractivity contribution in [2.45, 2.75) is 13.8 Å². The largest absolute Gasteiger partial charge is 0.506 e. The smallest absolute Gasteiger partial charge is 0.344 e. The summed E-state index contributed by atoms with van der Waals surface area (Å²) in [6.45, 7) is 3.66. The first-order valence-electron chi connectivity index (χ1n) is 8.66. The molecule has 1 aromatic carbocycles. The average molecular weight is 411 g/mol. The van der Waals surface area contributed by atoms with Gasteiger partial charge in [0.2, 0.25) is 0 Å². The maximum Gasteiger partial charge on any atom is 0.344 e. The molecule has 0 atom stereocenters. The number of esters is 1. The number of hydrogen-bond acceptors (Lipinski definition) is 8. The molecule has 1 aliphatic heterocycles. The fraction of sp³-hybridized carbons (Fsp3) is 0.150. The van der Waals surface area contributed by atoms with Gasteiger partial charge in [0, 0.05) is 17.8 Å². The van der Waals surface area contributed by atoms with Crippen molar-refractivity contribution >= 4 is 40.2 Å². The van der Waals surface area contributed by atoms with Crippen molar-refractivity contribution in [1.82, 2.24) is 4.98 Å². The molecule has 2 aromatic rings. The zero-order valence-corrected chi connectivity index (χ0v) is 16.5. The molecule has 9 heteroatoms. The van der Waals surface area contributed by atoms with Crippen LogP contribution in [-0.2, 0) is 9.53 Å². The molecule has 0 amide bonds. The van der Waals surface area contributed by atoms with Crippen LogP contribution in [0.25, 0.3) is 6.08 Å². The monoisotopic (exact) mass is 411 g/mol. The minimum atomic E-state index is -0.696. The number of rotatable bonds is 5. The molecule has 0 spiro atoms. The fourth-order valence-corrected chi connectivity index (χ4v) is 3.56. The minimum Gasteiger partial charge on any atom is -0.506 e. The van der Waals surface area contributed by atoms with E-state index in [2.05, 4.69) is 9.98 Å². The minimum absolute atomic E-state index is 0.0471. The van der Waals surface area contributed by atoms with Crippen molar-refractivity contribution < 1.29 is 19.6 Å². The molecular formula is C20H17N3O5S. The van der Waals surface area contributed by atoms with E-state index in [-0.39, 0.29) is 28.7 Å². The number of thioether (sulfide) groups is 1. The van der Waals surface area contributed by atoms with Crippen LogP contribution in [0.3, 0.4) is 0 Å². The predicted molar refractivity (Wildman–Crippen MR) is 111 cm³/mol. The number of hydrogen-bond donors (Lipinski definition) is 1.